The van der Waals surface area contributed by atoms with Crippen LogP contribution in [0.3, 0.4) is 0 Å². The molecule has 0 spiro atoms. The van der Waals surface area contributed by atoms with Gasteiger partial charge in [0.25, 0.3) is 0 Å². The Balaban J connectivity index is 1.66. The topological polar surface area (TPSA) is 0 Å². The molecule has 0 aromatic heterocycles. The summed E-state index contributed by atoms with van der Waals surface area (Å²) in [6.07, 6.45) is 8.94. The highest BCUT2D eigenvalue weighted by Gasteiger charge is 2.62. The van der Waals surface area contributed by atoms with Crippen molar-refractivity contribution in [3.63, 3.8) is 0 Å². The van der Waals surface area contributed by atoms with Crippen LogP contribution in [0.4, 0.5) is 0 Å². The number of allylic oxidation sites excluding steroid dienone is 6. The average Bonchev–Trinajstić information content (AvgIpc) is 3.09. The lowest BCUT2D eigenvalue weighted by Gasteiger charge is -2.39. The third-order valence-electron chi connectivity index (χ3n) is 6.04. The molecule has 2 unspecified atom stereocenters. The molecule has 0 saturated heterocycles. The predicted octanol–water partition coefficient (Wildman–Crippen LogP) is 4.95. The van der Waals surface area contributed by atoms with Crippen LogP contribution in [0.5, 0.6) is 0 Å². The van der Waals surface area contributed by atoms with Gasteiger partial charge in [-0.1, -0.05) is 78.4 Å². The fourth-order valence-corrected chi connectivity index (χ4v) is 5.29. The Bertz CT molecular complexity index is 790. The summed E-state index contributed by atoms with van der Waals surface area (Å²) in [4.78, 5) is 0. The minimum Gasteiger partial charge on any atom is -0.0620 e. The van der Waals surface area contributed by atoms with E-state index in [1.807, 2.05) is 0 Å². The summed E-state index contributed by atoms with van der Waals surface area (Å²) in [5, 5.41) is 0. The lowest BCUT2D eigenvalue weighted by atomic mass is 9.64. The Morgan fingerprint density at radius 3 is 1.36 bits per heavy atom. The first-order valence-corrected chi connectivity index (χ1v) is 8.21. The van der Waals surface area contributed by atoms with Crippen molar-refractivity contribution in [3.05, 3.63) is 106 Å². The third kappa shape index (κ3) is 1.17. The summed E-state index contributed by atoms with van der Waals surface area (Å²) in [7, 11) is 0. The minimum atomic E-state index is 0.576. The van der Waals surface area contributed by atoms with Crippen molar-refractivity contribution in [1.82, 2.24) is 0 Å². The molecule has 0 amide bonds. The van der Waals surface area contributed by atoms with E-state index in [4.69, 9.17) is 0 Å². The molecule has 5 aliphatic rings. The van der Waals surface area contributed by atoms with Crippen LogP contribution in [-0.4, -0.2) is 0 Å². The van der Waals surface area contributed by atoms with Gasteiger partial charge in [0.15, 0.2) is 0 Å². The highest BCUT2D eigenvalue weighted by Crippen LogP contribution is 2.72. The second-order valence-electron chi connectivity index (χ2n) is 6.89. The van der Waals surface area contributed by atoms with Gasteiger partial charge < -0.3 is 0 Å². The van der Waals surface area contributed by atoms with Gasteiger partial charge in [-0.2, -0.15) is 0 Å². The van der Waals surface area contributed by atoms with Crippen LogP contribution in [-0.2, 0) is 0 Å². The van der Waals surface area contributed by atoms with Crippen molar-refractivity contribution in [2.24, 2.45) is 11.8 Å². The van der Waals surface area contributed by atoms with Crippen molar-refractivity contribution >= 4 is 0 Å². The monoisotopic (exact) mass is 280 g/mol. The molecule has 2 atom stereocenters. The summed E-state index contributed by atoms with van der Waals surface area (Å²) >= 11 is 0. The van der Waals surface area contributed by atoms with Crippen LogP contribution in [0.15, 0.2) is 84.0 Å². The van der Waals surface area contributed by atoms with Gasteiger partial charge in [0.1, 0.15) is 0 Å². The minimum absolute atomic E-state index is 0.576. The normalized spacial score (nSPS) is 32.0. The van der Waals surface area contributed by atoms with E-state index in [1.54, 1.807) is 27.8 Å². The summed E-state index contributed by atoms with van der Waals surface area (Å²) in [5.74, 6) is 2.62. The smallest absolute Gasteiger partial charge is 0.0167 e. The largest absolute Gasteiger partial charge is 0.0620 e. The molecule has 104 valence electrons. The Hall–Kier alpha value is -2.34. The molecule has 0 nitrogen and oxygen atoms in total. The summed E-state index contributed by atoms with van der Waals surface area (Å²) in [6, 6.07) is 18.3. The maximum Gasteiger partial charge on any atom is 0.0167 e. The molecular formula is C22H16. The van der Waals surface area contributed by atoms with Crippen LogP contribution in [0.2, 0.25) is 0 Å². The molecule has 0 radical (unpaired) electrons. The van der Waals surface area contributed by atoms with Crippen molar-refractivity contribution in [2.75, 3.05) is 0 Å². The molecule has 2 bridgehead atoms. The Labute approximate surface area is 130 Å². The van der Waals surface area contributed by atoms with E-state index in [2.05, 4.69) is 72.8 Å². The fraction of sp³-hybridized carbons (Fsp3) is 0.182. The summed E-state index contributed by atoms with van der Waals surface area (Å²) in [5.41, 5.74) is 9.49. The zero-order valence-corrected chi connectivity index (χ0v) is 12.2. The number of hydrogen-bond donors (Lipinski definition) is 0. The van der Waals surface area contributed by atoms with Crippen LogP contribution in [0.25, 0.3) is 0 Å². The maximum atomic E-state index is 2.36. The first kappa shape index (κ1) is 11.3. The molecule has 2 aromatic carbocycles. The first-order chi connectivity index (χ1) is 10.9. The van der Waals surface area contributed by atoms with Crippen molar-refractivity contribution in [1.29, 1.82) is 0 Å². The van der Waals surface area contributed by atoms with Gasteiger partial charge in [0, 0.05) is 11.8 Å². The van der Waals surface area contributed by atoms with E-state index < -0.39 is 0 Å². The molecular weight excluding hydrogens is 264 g/mol. The van der Waals surface area contributed by atoms with Crippen LogP contribution in [0.1, 0.15) is 34.1 Å². The van der Waals surface area contributed by atoms with E-state index in [0.29, 0.717) is 11.8 Å². The second-order valence-corrected chi connectivity index (χ2v) is 6.89. The van der Waals surface area contributed by atoms with Crippen LogP contribution >= 0.6 is 0 Å². The highest BCUT2D eigenvalue weighted by molar-refractivity contribution is 5.67. The molecule has 5 aliphatic carbocycles. The van der Waals surface area contributed by atoms with Gasteiger partial charge in [-0.25, -0.2) is 0 Å². The second kappa shape index (κ2) is 3.70. The number of hydrogen-bond acceptors (Lipinski definition) is 0. The highest BCUT2D eigenvalue weighted by atomic mass is 14.6. The van der Waals surface area contributed by atoms with Gasteiger partial charge in [0.2, 0.25) is 0 Å². The number of rotatable bonds is 0. The van der Waals surface area contributed by atoms with E-state index in [9.17, 15) is 0 Å². The maximum absolute atomic E-state index is 2.36. The van der Waals surface area contributed by atoms with E-state index in [-0.39, 0.29) is 0 Å². The zero-order chi connectivity index (χ0) is 14.3. The van der Waals surface area contributed by atoms with Gasteiger partial charge in [-0.3, -0.25) is 0 Å². The Kier molecular flexibility index (Phi) is 1.89. The fourth-order valence-electron chi connectivity index (χ4n) is 5.29. The molecule has 0 heterocycles. The van der Waals surface area contributed by atoms with E-state index in [0.717, 1.165) is 11.8 Å². The van der Waals surface area contributed by atoms with Crippen LogP contribution < -0.4 is 0 Å². The van der Waals surface area contributed by atoms with Crippen LogP contribution in [0, 0.1) is 11.8 Å². The Morgan fingerprint density at radius 2 is 0.955 bits per heavy atom. The van der Waals surface area contributed by atoms with Crippen molar-refractivity contribution in [2.45, 2.75) is 11.8 Å². The van der Waals surface area contributed by atoms with E-state index >= 15 is 0 Å². The standard InChI is InChI=1S/C22H16/c1-2-8-13(7-1)18-21-19-14-9-3-4-10-15(14)20(22(18)21)17-12-6-5-11-16(17)19/h1-12,19-22H. The summed E-state index contributed by atoms with van der Waals surface area (Å²) in [6.45, 7) is 0. The molecule has 1 fully saturated rings. The predicted molar refractivity (Wildman–Crippen MR) is 88.9 cm³/mol. The molecule has 2 aromatic rings. The lowest BCUT2D eigenvalue weighted by molar-refractivity contribution is 0.491. The summed E-state index contributed by atoms with van der Waals surface area (Å²) < 4.78 is 0. The van der Waals surface area contributed by atoms with E-state index in [1.165, 1.54) is 5.57 Å². The van der Waals surface area contributed by atoms with Gasteiger partial charge in [-0.05, 0) is 39.7 Å². The molecule has 7 rings (SSSR count). The molecule has 0 aliphatic heterocycles. The lowest BCUT2D eigenvalue weighted by Crippen LogP contribution is -2.26. The van der Waals surface area contributed by atoms with Crippen molar-refractivity contribution < 1.29 is 0 Å². The average molecular weight is 280 g/mol. The first-order valence-electron chi connectivity index (χ1n) is 8.21. The zero-order valence-electron chi connectivity index (χ0n) is 12.2. The molecule has 22 heavy (non-hydrogen) atoms. The molecule has 0 N–H and O–H groups in total. The SMILES string of the molecule is C1=CC(=C2C3C4c5ccccc5C(c5ccccc54)C23)C=C1. The van der Waals surface area contributed by atoms with Crippen molar-refractivity contribution in [3.8, 4) is 0 Å². The van der Waals surface area contributed by atoms with Gasteiger partial charge in [-0.15, -0.1) is 0 Å². The Morgan fingerprint density at radius 1 is 0.545 bits per heavy atom. The number of benzene rings is 2. The van der Waals surface area contributed by atoms with Gasteiger partial charge >= 0.3 is 0 Å². The molecule has 1 saturated carbocycles. The van der Waals surface area contributed by atoms with Gasteiger partial charge in [0.05, 0.1) is 0 Å². The third-order valence-corrected chi connectivity index (χ3v) is 6.04. The quantitative estimate of drug-likeness (QED) is 0.641. The molecule has 0 heteroatoms.